The summed E-state index contributed by atoms with van der Waals surface area (Å²) >= 11 is 1.78. The number of nitrogens with zero attached hydrogens (tertiary/aromatic N) is 2. The third kappa shape index (κ3) is 2.83. The van der Waals surface area contributed by atoms with Crippen molar-refractivity contribution in [3.05, 3.63) is 52.0 Å². The second kappa shape index (κ2) is 5.69. The molecular weight excluding hydrogens is 282 g/mol. The maximum Gasteiger partial charge on any atom is 0.247 e. The van der Waals surface area contributed by atoms with E-state index in [1.54, 1.807) is 11.3 Å². The number of thiophene rings is 1. The normalized spacial score (nSPS) is 12.3. The van der Waals surface area contributed by atoms with E-state index < -0.39 is 0 Å². The Morgan fingerprint density at radius 2 is 2.05 bits per heavy atom. The molecule has 0 amide bonds. The second-order valence-corrected chi connectivity index (χ2v) is 6.06. The first kappa shape index (κ1) is 13.8. The van der Waals surface area contributed by atoms with Crippen molar-refractivity contribution in [3.8, 4) is 11.5 Å². The maximum absolute atomic E-state index is 5.26. The number of rotatable bonds is 4. The molecule has 2 heterocycles. The van der Waals surface area contributed by atoms with Crippen LogP contribution in [-0.4, -0.2) is 10.2 Å². The van der Waals surface area contributed by atoms with E-state index in [-0.39, 0.29) is 6.04 Å². The van der Waals surface area contributed by atoms with E-state index in [2.05, 4.69) is 59.9 Å². The molecule has 1 atom stereocenters. The fourth-order valence-corrected chi connectivity index (χ4v) is 3.27. The van der Waals surface area contributed by atoms with Crippen molar-refractivity contribution in [2.24, 2.45) is 0 Å². The van der Waals surface area contributed by atoms with Gasteiger partial charge in [0.05, 0.1) is 6.04 Å². The number of benzene rings is 1. The first-order chi connectivity index (χ1) is 10.1. The third-order valence-corrected chi connectivity index (χ3v) is 4.71. The van der Waals surface area contributed by atoms with Crippen molar-refractivity contribution in [2.75, 3.05) is 5.32 Å². The van der Waals surface area contributed by atoms with Crippen LogP contribution in [0.4, 0.5) is 5.69 Å². The van der Waals surface area contributed by atoms with Crippen molar-refractivity contribution in [2.45, 2.75) is 26.8 Å². The zero-order valence-electron chi connectivity index (χ0n) is 12.3. The molecule has 4 nitrogen and oxygen atoms in total. The highest BCUT2D eigenvalue weighted by atomic mass is 32.1. The van der Waals surface area contributed by atoms with Crippen molar-refractivity contribution < 1.29 is 4.42 Å². The predicted octanol–water partition coefficient (Wildman–Crippen LogP) is 4.59. The van der Waals surface area contributed by atoms with Gasteiger partial charge in [0.1, 0.15) is 0 Å². The van der Waals surface area contributed by atoms with E-state index in [0.717, 1.165) is 11.3 Å². The predicted molar refractivity (Wildman–Crippen MR) is 85.6 cm³/mol. The van der Waals surface area contributed by atoms with Gasteiger partial charge in [-0.3, -0.25) is 0 Å². The van der Waals surface area contributed by atoms with Crippen LogP contribution in [0.2, 0.25) is 0 Å². The van der Waals surface area contributed by atoms with Gasteiger partial charge in [-0.1, -0.05) is 6.07 Å². The third-order valence-electron chi connectivity index (χ3n) is 3.51. The molecule has 21 heavy (non-hydrogen) atoms. The summed E-state index contributed by atoms with van der Waals surface area (Å²) in [6.45, 7) is 6.41. The lowest BCUT2D eigenvalue weighted by Crippen LogP contribution is -2.07. The monoisotopic (exact) mass is 299 g/mol. The number of hydrogen-bond acceptors (Lipinski definition) is 5. The first-order valence-electron chi connectivity index (χ1n) is 6.83. The van der Waals surface area contributed by atoms with Gasteiger partial charge in [-0.25, -0.2) is 0 Å². The van der Waals surface area contributed by atoms with Crippen LogP contribution < -0.4 is 5.32 Å². The molecule has 1 unspecified atom stereocenters. The topological polar surface area (TPSA) is 51.0 Å². The van der Waals surface area contributed by atoms with Gasteiger partial charge in [-0.15, -0.1) is 21.5 Å². The lowest BCUT2D eigenvalue weighted by Gasteiger charge is -2.17. The average molecular weight is 299 g/mol. The summed E-state index contributed by atoms with van der Waals surface area (Å²) in [7, 11) is 0. The van der Waals surface area contributed by atoms with Crippen LogP contribution in [0.25, 0.3) is 11.5 Å². The Morgan fingerprint density at radius 3 is 2.71 bits per heavy atom. The van der Waals surface area contributed by atoms with Gasteiger partial charge in [0.2, 0.25) is 12.3 Å². The number of nitrogens with one attached hydrogen (secondary N) is 1. The zero-order valence-corrected chi connectivity index (χ0v) is 13.1. The van der Waals surface area contributed by atoms with Crippen LogP contribution in [-0.2, 0) is 0 Å². The summed E-state index contributed by atoms with van der Waals surface area (Å²) < 4.78 is 5.26. The Bertz CT molecular complexity index is 734. The number of anilines is 1. The van der Waals surface area contributed by atoms with E-state index in [1.807, 2.05) is 6.07 Å². The van der Waals surface area contributed by atoms with E-state index in [1.165, 1.54) is 22.4 Å². The molecule has 3 aromatic rings. The molecule has 0 aliphatic heterocycles. The Balaban J connectivity index is 1.88. The second-order valence-electron chi connectivity index (χ2n) is 5.11. The van der Waals surface area contributed by atoms with Crippen molar-refractivity contribution >= 4 is 17.0 Å². The Kier molecular flexibility index (Phi) is 3.75. The maximum atomic E-state index is 5.26. The molecule has 2 aromatic heterocycles. The highest BCUT2D eigenvalue weighted by Gasteiger charge is 2.12. The minimum Gasteiger partial charge on any atom is -0.423 e. The molecule has 1 aromatic carbocycles. The fraction of sp³-hybridized carbons (Fsp3) is 0.250. The van der Waals surface area contributed by atoms with Gasteiger partial charge in [0.25, 0.3) is 0 Å². The molecule has 0 fully saturated rings. The van der Waals surface area contributed by atoms with Gasteiger partial charge in [-0.2, -0.15) is 0 Å². The first-order valence-corrected chi connectivity index (χ1v) is 7.71. The molecular formula is C16H17N3OS. The molecule has 5 heteroatoms. The molecule has 0 bridgehead atoms. The van der Waals surface area contributed by atoms with Crippen LogP contribution in [0.3, 0.4) is 0 Å². The quantitative estimate of drug-likeness (QED) is 0.765. The highest BCUT2D eigenvalue weighted by Crippen LogP contribution is 2.30. The summed E-state index contributed by atoms with van der Waals surface area (Å²) in [6.07, 6.45) is 1.35. The van der Waals surface area contributed by atoms with Crippen LogP contribution in [0, 0.1) is 13.8 Å². The van der Waals surface area contributed by atoms with Crippen LogP contribution in [0.15, 0.2) is 40.5 Å². The van der Waals surface area contributed by atoms with E-state index in [0.29, 0.717) is 5.89 Å². The van der Waals surface area contributed by atoms with Crippen molar-refractivity contribution in [3.63, 3.8) is 0 Å². The SMILES string of the molecule is Cc1ccc(-c2nnco2)cc1NC(C)c1sccc1C. The fourth-order valence-electron chi connectivity index (χ4n) is 2.34. The Hall–Kier alpha value is -2.14. The Morgan fingerprint density at radius 1 is 1.19 bits per heavy atom. The standard InChI is InChI=1S/C16H17N3OS/c1-10-4-5-13(16-19-17-9-20-16)8-14(10)18-12(3)15-11(2)6-7-21-15/h4-9,12,18H,1-3H3. The largest absolute Gasteiger partial charge is 0.423 e. The van der Waals surface area contributed by atoms with E-state index in [4.69, 9.17) is 4.42 Å². The number of hydrogen-bond donors (Lipinski definition) is 1. The van der Waals surface area contributed by atoms with Crippen molar-refractivity contribution in [1.82, 2.24) is 10.2 Å². The van der Waals surface area contributed by atoms with Gasteiger partial charge in [0.15, 0.2) is 0 Å². The highest BCUT2D eigenvalue weighted by molar-refractivity contribution is 7.10. The lowest BCUT2D eigenvalue weighted by molar-refractivity contribution is 0.568. The van der Waals surface area contributed by atoms with Gasteiger partial charge in [0, 0.05) is 16.1 Å². The minimum atomic E-state index is 0.265. The smallest absolute Gasteiger partial charge is 0.247 e. The summed E-state index contributed by atoms with van der Waals surface area (Å²) in [6, 6.07) is 8.54. The summed E-state index contributed by atoms with van der Waals surface area (Å²) in [5.74, 6) is 0.540. The molecule has 0 aliphatic carbocycles. The molecule has 1 N–H and O–H groups in total. The van der Waals surface area contributed by atoms with Crippen LogP contribution >= 0.6 is 11.3 Å². The summed E-state index contributed by atoms with van der Waals surface area (Å²) in [4.78, 5) is 1.36. The minimum absolute atomic E-state index is 0.265. The summed E-state index contributed by atoms with van der Waals surface area (Å²) in [5.41, 5.74) is 4.53. The molecule has 0 spiro atoms. The van der Waals surface area contributed by atoms with Crippen LogP contribution in [0.5, 0.6) is 0 Å². The van der Waals surface area contributed by atoms with E-state index in [9.17, 15) is 0 Å². The van der Waals surface area contributed by atoms with Crippen molar-refractivity contribution in [1.29, 1.82) is 0 Å². The lowest BCUT2D eigenvalue weighted by atomic mass is 10.1. The van der Waals surface area contributed by atoms with E-state index >= 15 is 0 Å². The number of aryl methyl sites for hydroxylation is 2. The average Bonchev–Trinajstić information content (AvgIpc) is 3.12. The van der Waals surface area contributed by atoms with Gasteiger partial charge >= 0.3 is 0 Å². The van der Waals surface area contributed by atoms with Crippen LogP contribution in [0.1, 0.15) is 29.0 Å². The zero-order chi connectivity index (χ0) is 14.8. The molecule has 0 aliphatic rings. The molecule has 3 rings (SSSR count). The molecule has 0 saturated carbocycles. The molecule has 108 valence electrons. The summed E-state index contributed by atoms with van der Waals surface area (Å²) in [5, 5.41) is 13.4. The number of aromatic nitrogens is 2. The molecule has 0 radical (unpaired) electrons. The van der Waals surface area contributed by atoms with Gasteiger partial charge < -0.3 is 9.73 Å². The van der Waals surface area contributed by atoms with Gasteiger partial charge in [-0.05, 0) is 55.5 Å². The Labute approximate surface area is 127 Å². The molecule has 0 saturated heterocycles.